The van der Waals surface area contributed by atoms with Gasteiger partial charge in [0, 0.05) is 12.3 Å². The molecule has 1 atom stereocenters. The van der Waals surface area contributed by atoms with Crippen LogP contribution in [0.15, 0.2) is 24.3 Å². The molecule has 7 heteroatoms. The third-order valence-corrected chi connectivity index (χ3v) is 3.85. The van der Waals surface area contributed by atoms with Gasteiger partial charge in [-0.05, 0) is 49.3 Å². The quantitative estimate of drug-likeness (QED) is 0.834. The number of hydrogen-bond donors (Lipinski definition) is 2. The summed E-state index contributed by atoms with van der Waals surface area (Å²) in [6, 6.07) is 6.24. The minimum Gasteiger partial charge on any atom is -0.378 e. The highest BCUT2D eigenvalue weighted by Gasteiger charge is 2.18. The van der Waals surface area contributed by atoms with Crippen LogP contribution >= 0.6 is 12.2 Å². The molecule has 21 heavy (non-hydrogen) atoms. The van der Waals surface area contributed by atoms with Crippen LogP contribution in [0.25, 0.3) is 0 Å². The third-order valence-electron chi connectivity index (χ3n) is 3.54. The lowest BCUT2D eigenvalue weighted by molar-refractivity contribution is 0.0959. The molecule has 0 unspecified atom stereocenters. The molecule has 0 aliphatic carbocycles. The van der Waals surface area contributed by atoms with Gasteiger partial charge in [0.25, 0.3) is 0 Å². The van der Waals surface area contributed by atoms with E-state index in [4.69, 9.17) is 17.0 Å². The molecule has 1 saturated heterocycles. The minimum absolute atomic E-state index is 0.207. The van der Waals surface area contributed by atoms with E-state index in [9.17, 15) is 4.39 Å². The van der Waals surface area contributed by atoms with Crippen molar-refractivity contribution in [3.05, 3.63) is 40.7 Å². The van der Waals surface area contributed by atoms with Gasteiger partial charge in [0.1, 0.15) is 5.82 Å². The summed E-state index contributed by atoms with van der Waals surface area (Å²) in [5.74, 6) is 0.571. The van der Waals surface area contributed by atoms with Crippen molar-refractivity contribution in [2.45, 2.75) is 32.0 Å². The zero-order valence-corrected chi connectivity index (χ0v) is 12.3. The van der Waals surface area contributed by atoms with Crippen LogP contribution in [-0.4, -0.2) is 27.5 Å². The van der Waals surface area contributed by atoms with Crippen LogP contribution in [0.4, 0.5) is 10.1 Å². The smallest absolute Gasteiger partial charge is 0.195 e. The van der Waals surface area contributed by atoms with Gasteiger partial charge in [0.2, 0.25) is 0 Å². The Morgan fingerprint density at radius 3 is 2.95 bits per heavy atom. The largest absolute Gasteiger partial charge is 0.378 e. The SMILES string of the molecule is Fc1ccc(NCc2n[nH]c(=S)n2C[C@H]2CCCO2)cc1. The Labute approximate surface area is 127 Å². The van der Waals surface area contributed by atoms with E-state index in [2.05, 4.69) is 15.5 Å². The van der Waals surface area contributed by atoms with Crippen LogP contribution in [-0.2, 0) is 17.8 Å². The van der Waals surface area contributed by atoms with Gasteiger partial charge in [-0.3, -0.25) is 5.10 Å². The van der Waals surface area contributed by atoms with Crippen molar-refractivity contribution in [1.82, 2.24) is 14.8 Å². The van der Waals surface area contributed by atoms with Gasteiger partial charge in [0.05, 0.1) is 19.2 Å². The Bertz CT molecular complexity index is 646. The molecule has 0 saturated carbocycles. The molecular weight excluding hydrogens is 291 g/mol. The Kier molecular flexibility index (Phi) is 4.31. The fourth-order valence-electron chi connectivity index (χ4n) is 2.41. The van der Waals surface area contributed by atoms with Crippen LogP contribution in [0.2, 0.25) is 0 Å². The first-order valence-corrected chi connectivity index (χ1v) is 7.38. The van der Waals surface area contributed by atoms with Crippen LogP contribution in [0.5, 0.6) is 0 Å². The Morgan fingerprint density at radius 2 is 2.24 bits per heavy atom. The summed E-state index contributed by atoms with van der Waals surface area (Å²) in [7, 11) is 0. The van der Waals surface area contributed by atoms with Gasteiger partial charge in [-0.1, -0.05) is 0 Å². The molecule has 5 nitrogen and oxygen atoms in total. The highest BCUT2D eigenvalue weighted by atomic mass is 32.1. The van der Waals surface area contributed by atoms with Gasteiger partial charge in [-0.15, -0.1) is 0 Å². The molecule has 0 bridgehead atoms. The zero-order valence-electron chi connectivity index (χ0n) is 11.5. The normalized spacial score (nSPS) is 18.0. The lowest BCUT2D eigenvalue weighted by atomic mass is 10.2. The molecule has 0 radical (unpaired) electrons. The van der Waals surface area contributed by atoms with E-state index in [0.717, 1.165) is 37.5 Å². The standard InChI is InChI=1S/C14H17FN4OS/c15-10-3-5-11(6-4-10)16-8-13-17-18-14(21)19(13)9-12-2-1-7-20-12/h3-6,12,16H,1-2,7-9H2,(H,18,21)/t12-/m1/s1. The van der Waals surface area contributed by atoms with Crippen LogP contribution < -0.4 is 5.32 Å². The topological polar surface area (TPSA) is 54.9 Å². The predicted octanol–water partition coefficient (Wildman–Crippen LogP) is 2.87. The maximum atomic E-state index is 12.9. The number of nitrogens with zero attached hydrogens (tertiary/aromatic N) is 2. The molecule has 2 heterocycles. The second kappa shape index (κ2) is 6.36. The maximum absolute atomic E-state index is 12.9. The maximum Gasteiger partial charge on any atom is 0.195 e. The Balaban J connectivity index is 1.67. The van der Waals surface area contributed by atoms with Crippen LogP contribution in [0, 0.1) is 10.6 Å². The van der Waals surface area contributed by atoms with Gasteiger partial charge >= 0.3 is 0 Å². The molecule has 1 fully saturated rings. The van der Waals surface area contributed by atoms with Crippen molar-refractivity contribution >= 4 is 17.9 Å². The number of H-pyrrole nitrogens is 1. The Morgan fingerprint density at radius 1 is 1.43 bits per heavy atom. The number of hydrogen-bond acceptors (Lipinski definition) is 4. The lowest BCUT2D eigenvalue weighted by Gasteiger charge is -2.13. The highest BCUT2D eigenvalue weighted by molar-refractivity contribution is 7.71. The van der Waals surface area contributed by atoms with E-state index in [1.807, 2.05) is 4.57 Å². The average molecular weight is 308 g/mol. The van der Waals surface area contributed by atoms with E-state index in [0.29, 0.717) is 11.3 Å². The first kappa shape index (κ1) is 14.2. The number of halogens is 1. The number of anilines is 1. The van der Waals surface area contributed by atoms with Gasteiger partial charge in [-0.2, -0.15) is 5.10 Å². The van der Waals surface area contributed by atoms with E-state index >= 15 is 0 Å². The second-order valence-corrected chi connectivity index (χ2v) is 5.44. The lowest BCUT2D eigenvalue weighted by Crippen LogP contribution is -2.18. The predicted molar refractivity (Wildman–Crippen MR) is 80.1 cm³/mol. The molecule has 0 amide bonds. The molecule has 1 aliphatic heterocycles. The highest BCUT2D eigenvalue weighted by Crippen LogP contribution is 2.16. The zero-order chi connectivity index (χ0) is 14.7. The van der Waals surface area contributed by atoms with Gasteiger partial charge < -0.3 is 14.6 Å². The molecule has 0 spiro atoms. The van der Waals surface area contributed by atoms with E-state index < -0.39 is 0 Å². The number of aromatic nitrogens is 3. The van der Waals surface area contributed by atoms with E-state index in [1.165, 1.54) is 12.1 Å². The van der Waals surface area contributed by atoms with Crippen molar-refractivity contribution in [3.8, 4) is 0 Å². The van der Waals surface area contributed by atoms with Crippen molar-refractivity contribution < 1.29 is 9.13 Å². The molecule has 1 aromatic carbocycles. The molecule has 1 aromatic heterocycles. The monoisotopic (exact) mass is 308 g/mol. The van der Waals surface area contributed by atoms with Crippen molar-refractivity contribution in [2.24, 2.45) is 0 Å². The summed E-state index contributed by atoms with van der Waals surface area (Å²) in [6.07, 6.45) is 2.36. The molecule has 3 rings (SSSR count). The summed E-state index contributed by atoms with van der Waals surface area (Å²) in [5.41, 5.74) is 0.842. The van der Waals surface area contributed by atoms with E-state index in [1.54, 1.807) is 12.1 Å². The van der Waals surface area contributed by atoms with Crippen LogP contribution in [0.1, 0.15) is 18.7 Å². The number of ether oxygens (including phenoxy) is 1. The van der Waals surface area contributed by atoms with E-state index in [-0.39, 0.29) is 11.9 Å². The van der Waals surface area contributed by atoms with Crippen molar-refractivity contribution in [3.63, 3.8) is 0 Å². The molecule has 1 aliphatic rings. The molecule has 2 N–H and O–H groups in total. The summed E-state index contributed by atoms with van der Waals surface area (Å²) in [6.45, 7) is 2.06. The summed E-state index contributed by atoms with van der Waals surface area (Å²) in [4.78, 5) is 0. The first-order chi connectivity index (χ1) is 10.2. The number of aromatic amines is 1. The van der Waals surface area contributed by atoms with Gasteiger partial charge in [-0.25, -0.2) is 4.39 Å². The fourth-order valence-corrected chi connectivity index (χ4v) is 2.64. The van der Waals surface area contributed by atoms with Crippen molar-refractivity contribution in [2.75, 3.05) is 11.9 Å². The molecule has 112 valence electrons. The fraction of sp³-hybridized carbons (Fsp3) is 0.429. The first-order valence-electron chi connectivity index (χ1n) is 6.97. The average Bonchev–Trinajstić information content (AvgIpc) is 3.11. The molecular formula is C14H17FN4OS. The molecule has 2 aromatic rings. The summed E-state index contributed by atoms with van der Waals surface area (Å²) in [5, 5.41) is 10.3. The van der Waals surface area contributed by atoms with Crippen molar-refractivity contribution in [1.29, 1.82) is 0 Å². The summed E-state index contributed by atoms with van der Waals surface area (Å²) >= 11 is 5.27. The van der Waals surface area contributed by atoms with Gasteiger partial charge in [0.15, 0.2) is 10.6 Å². The summed E-state index contributed by atoms with van der Waals surface area (Å²) < 4.78 is 21.1. The third kappa shape index (κ3) is 3.48. The minimum atomic E-state index is -0.249. The van der Waals surface area contributed by atoms with Crippen LogP contribution in [0.3, 0.4) is 0 Å². The number of nitrogens with one attached hydrogen (secondary N) is 2. The number of rotatable bonds is 5. The Hall–Kier alpha value is -1.73. The number of benzene rings is 1. The second-order valence-electron chi connectivity index (χ2n) is 5.05.